The Bertz CT molecular complexity index is 10800. The highest BCUT2D eigenvalue weighted by atomic mass is 32.1. The van der Waals surface area contributed by atoms with Crippen molar-refractivity contribution in [1.29, 1.82) is 0 Å². The van der Waals surface area contributed by atoms with E-state index in [1.165, 1.54) is 170 Å². The summed E-state index contributed by atoms with van der Waals surface area (Å²) in [5.74, 6) is 0. The van der Waals surface area contributed by atoms with Crippen molar-refractivity contribution >= 4 is 260 Å². The lowest BCUT2D eigenvalue weighted by Gasteiger charge is -2.27. The number of benzene rings is 23. The van der Waals surface area contributed by atoms with Crippen LogP contribution in [0.2, 0.25) is 0 Å². The van der Waals surface area contributed by atoms with Gasteiger partial charge in [-0.1, -0.05) is 276 Å². The van der Waals surface area contributed by atoms with Gasteiger partial charge < -0.3 is 32.2 Å². The Morgan fingerprint density at radius 2 is 0.507 bits per heavy atom. The molecule has 0 N–H and O–H groups in total. The zero-order chi connectivity index (χ0) is 97.7. The molecule has 0 fully saturated rings. The minimum atomic E-state index is 0.0360. The van der Waals surface area contributed by atoms with Crippen molar-refractivity contribution in [3.05, 3.63) is 485 Å². The molecule has 148 heavy (non-hydrogen) atoms. The summed E-state index contributed by atoms with van der Waals surface area (Å²) in [4.78, 5) is 4.63. The number of hydrogen-bond acceptors (Lipinski definition) is 8. The van der Waals surface area contributed by atoms with Crippen LogP contribution in [-0.2, 0) is 5.41 Å². The van der Waals surface area contributed by atoms with Crippen molar-refractivity contribution in [2.75, 3.05) is 9.80 Å². The van der Waals surface area contributed by atoms with Gasteiger partial charge in [0.05, 0.1) is 22.1 Å². The maximum Gasteiger partial charge on any atom is 0.137 e. The number of thiophene rings is 3. The van der Waals surface area contributed by atoms with Gasteiger partial charge in [-0.05, 0) is 284 Å². The van der Waals surface area contributed by atoms with Crippen LogP contribution in [0.25, 0.3) is 258 Å². The Morgan fingerprint density at radius 3 is 0.993 bits per heavy atom. The smallest absolute Gasteiger partial charge is 0.137 e. The number of nitrogens with zero attached hydrogens (tertiary/aromatic N) is 4. The van der Waals surface area contributed by atoms with Crippen LogP contribution in [-0.4, -0.2) is 9.13 Å². The number of aromatic nitrogens is 2. The summed E-state index contributed by atoms with van der Waals surface area (Å²) in [6.45, 7) is 6.80. The van der Waals surface area contributed by atoms with E-state index in [0.717, 1.165) is 128 Å². The molecule has 8 aromatic heterocycles. The average molecular weight is 1950 g/mol. The van der Waals surface area contributed by atoms with E-state index < -0.39 is 0 Å². The van der Waals surface area contributed by atoms with E-state index in [2.05, 4.69) is 483 Å². The molecule has 7 nitrogen and oxygen atoms in total. The molecule has 696 valence electrons. The summed E-state index contributed by atoms with van der Waals surface area (Å²) in [5, 5.41) is 24.6. The van der Waals surface area contributed by atoms with Gasteiger partial charge in [-0.2, -0.15) is 0 Å². The third-order valence-corrected chi connectivity index (χ3v) is 34.0. The maximum absolute atomic E-state index is 6.45. The number of para-hydroxylation sites is 4. The van der Waals surface area contributed by atoms with E-state index in [1.807, 2.05) is 70.4 Å². The summed E-state index contributed by atoms with van der Waals surface area (Å²) in [7, 11) is 0. The second-order valence-corrected chi connectivity index (χ2v) is 43.3. The Morgan fingerprint density at radius 1 is 0.182 bits per heavy atom. The number of anilines is 6. The Labute approximate surface area is 863 Å². The normalized spacial score (nSPS) is 12.2. The van der Waals surface area contributed by atoms with Crippen LogP contribution < -0.4 is 9.80 Å². The van der Waals surface area contributed by atoms with Crippen molar-refractivity contribution in [1.82, 2.24) is 9.13 Å². The quantitative estimate of drug-likeness (QED) is 0.115. The molecule has 0 amide bonds. The van der Waals surface area contributed by atoms with E-state index in [1.54, 1.807) is 0 Å². The number of furan rings is 3. The van der Waals surface area contributed by atoms with Gasteiger partial charge in [0.15, 0.2) is 0 Å². The lowest BCUT2D eigenvalue weighted by Crippen LogP contribution is -2.13. The first kappa shape index (κ1) is 85.4. The third kappa shape index (κ3) is 14.1. The fourth-order valence-corrected chi connectivity index (χ4v) is 26.8. The van der Waals surface area contributed by atoms with E-state index >= 15 is 0 Å². The second-order valence-electron chi connectivity index (χ2n) is 40.2. The topological polar surface area (TPSA) is 55.8 Å². The van der Waals surface area contributed by atoms with Crippen molar-refractivity contribution in [3.8, 4) is 67.0 Å². The fourth-order valence-electron chi connectivity index (χ4n) is 23.2. The molecule has 31 rings (SSSR count). The molecule has 8 heterocycles. The molecule has 0 unspecified atom stereocenters. The lowest BCUT2D eigenvalue weighted by molar-refractivity contribution is 0.590. The van der Waals surface area contributed by atoms with Crippen LogP contribution in [0.15, 0.2) is 492 Å². The average Bonchev–Trinajstić information content (AvgIpc) is 1.56. The SMILES string of the molecule is CC(C)(C)c1ccc(N(c2ccc(-c3cc(-c4ccccc4)cc(-c4ccc5c(c4)c4cc6ccc7c8ccccc8sc7c6cc4n5-c4ccc5c(c4)sc4ccccc45)c3)cc2)c2ccc3c(c2)oc2ccccc23)cc1.c1ccc(-n2c3ccc(-c4cccc(-c5ccc(N(c6ccc7c(c6)oc6ccccc67)c6ccc7c(c6)oc6ccccc67)cc5)c4)cc3c3cc4ccc5c6ccccc6sc5c4cc32)cc1. The molecule has 0 atom stereocenters. The van der Waals surface area contributed by atoms with Crippen molar-refractivity contribution in [2.24, 2.45) is 0 Å². The van der Waals surface area contributed by atoms with E-state index in [9.17, 15) is 0 Å². The second kappa shape index (κ2) is 33.7. The maximum atomic E-state index is 6.45. The molecule has 0 bridgehead atoms. The molecule has 0 radical (unpaired) electrons. The highest BCUT2D eigenvalue weighted by Crippen LogP contribution is 2.51. The van der Waals surface area contributed by atoms with Crippen LogP contribution in [0.4, 0.5) is 34.1 Å². The van der Waals surface area contributed by atoms with Gasteiger partial charge in [-0.25, -0.2) is 0 Å². The molecule has 0 saturated carbocycles. The number of hydrogen-bond donors (Lipinski definition) is 0. The van der Waals surface area contributed by atoms with Gasteiger partial charge >= 0.3 is 0 Å². The van der Waals surface area contributed by atoms with Gasteiger partial charge in [-0.15, -0.1) is 34.0 Å². The third-order valence-electron chi connectivity index (χ3n) is 30.5. The number of fused-ring (bicyclic) bond motifs is 28. The first-order valence-electron chi connectivity index (χ1n) is 50.5. The van der Waals surface area contributed by atoms with Crippen LogP contribution in [0.5, 0.6) is 0 Å². The summed E-state index contributed by atoms with van der Waals surface area (Å²) >= 11 is 5.66. The molecular weight excluding hydrogens is 1860 g/mol. The Balaban J connectivity index is 0.000000138. The molecule has 23 aromatic carbocycles. The van der Waals surface area contributed by atoms with Gasteiger partial charge in [0, 0.05) is 189 Å². The molecule has 0 aliphatic carbocycles. The minimum absolute atomic E-state index is 0.0360. The molecule has 0 aliphatic rings. The lowest BCUT2D eigenvalue weighted by atomic mass is 9.87. The van der Waals surface area contributed by atoms with Crippen LogP contribution in [0.1, 0.15) is 26.3 Å². The highest BCUT2D eigenvalue weighted by molar-refractivity contribution is 7.27. The summed E-state index contributed by atoms with van der Waals surface area (Å²) in [5.41, 5.74) is 31.6. The first-order valence-corrected chi connectivity index (χ1v) is 52.9. The monoisotopic (exact) mass is 1940 g/mol. The molecule has 31 aromatic rings. The zero-order valence-corrected chi connectivity index (χ0v) is 83.3. The standard InChI is InChI=1S/C74H50N2OS2.C64H38N2O2S/c1-74(2,3)52-25-29-54(30-26-52)75(55-31-34-58-57-15-7-10-18-68(57)77-69(58)42-55)53-27-21-46(22-28-53)50-37-49(45-13-5-4-6-14-45)38-51(39-50)47-24-36-66-64(40-47)65-41-48-23-33-62-60-17-9-12-20-71(60)79-73(62)63(48)44-67(65)76(66)56-32-35-61-59-16-8-11-19-70(59)78-72(61)43-56;1-2-13-44(14-3-1)66-57-32-24-42(34-55(57)56-35-43-23-29-53-52-17-6-9-20-63(52)69-64(53)54(43)38-58(56)66)41-12-10-11-40(33-41)39-21-25-45(26-22-39)65(46-27-30-50-48-15-4-7-18-59(48)67-61(50)36-46)47-28-31-51-49-16-5-8-19-60(49)68-62(51)37-47/h4-44H,1-3H3;1-38H. The van der Waals surface area contributed by atoms with E-state index in [-0.39, 0.29) is 5.41 Å². The summed E-state index contributed by atoms with van der Waals surface area (Å²) in [6, 6.07) is 176. The summed E-state index contributed by atoms with van der Waals surface area (Å²) in [6.07, 6.45) is 0. The van der Waals surface area contributed by atoms with E-state index in [4.69, 9.17) is 13.3 Å². The predicted octanol–water partition coefficient (Wildman–Crippen LogP) is 41.2. The van der Waals surface area contributed by atoms with Crippen molar-refractivity contribution < 1.29 is 13.3 Å². The summed E-state index contributed by atoms with van der Waals surface area (Å²) < 4.78 is 32.1. The van der Waals surface area contributed by atoms with Crippen LogP contribution >= 0.6 is 34.0 Å². The first-order chi connectivity index (χ1) is 72.9. The number of rotatable bonds is 13. The van der Waals surface area contributed by atoms with Gasteiger partial charge in [-0.3, -0.25) is 0 Å². The largest absolute Gasteiger partial charge is 0.456 e. The van der Waals surface area contributed by atoms with Crippen LogP contribution in [0.3, 0.4) is 0 Å². The molecule has 0 saturated heterocycles. The predicted molar refractivity (Wildman–Crippen MR) is 632 cm³/mol. The highest BCUT2D eigenvalue weighted by Gasteiger charge is 2.27. The zero-order valence-electron chi connectivity index (χ0n) is 80.8. The van der Waals surface area contributed by atoms with Gasteiger partial charge in [0.1, 0.15) is 33.5 Å². The van der Waals surface area contributed by atoms with E-state index in [0.29, 0.717) is 0 Å². The molecule has 0 spiro atoms. The fraction of sp³-hybridized carbons (Fsp3) is 0.0290. The Hall–Kier alpha value is -18.2. The molecule has 0 aliphatic heterocycles. The molecular formula is C138H88N4O3S3. The minimum Gasteiger partial charge on any atom is -0.456 e. The molecule has 10 heteroatoms. The van der Waals surface area contributed by atoms with Crippen molar-refractivity contribution in [2.45, 2.75) is 26.2 Å². The van der Waals surface area contributed by atoms with Crippen molar-refractivity contribution in [3.63, 3.8) is 0 Å². The van der Waals surface area contributed by atoms with Crippen LogP contribution in [0, 0.1) is 0 Å². The Kier molecular flexibility index (Phi) is 19.5. The van der Waals surface area contributed by atoms with Gasteiger partial charge in [0.2, 0.25) is 0 Å². The van der Waals surface area contributed by atoms with Gasteiger partial charge in [0.25, 0.3) is 0 Å².